The van der Waals surface area contributed by atoms with Crippen LogP contribution in [-0.2, 0) is 6.42 Å². The number of hydrogen-bond donors (Lipinski definition) is 2. The van der Waals surface area contributed by atoms with E-state index < -0.39 is 0 Å². The minimum Gasteiger partial charge on any atom is -0.350 e. The summed E-state index contributed by atoms with van der Waals surface area (Å²) in [5.41, 5.74) is 3.25. The molecular weight excluding hydrogens is 260 g/mol. The van der Waals surface area contributed by atoms with Crippen LogP contribution in [0.25, 0.3) is 0 Å². The van der Waals surface area contributed by atoms with Crippen molar-refractivity contribution >= 4 is 17.5 Å². The number of nitrogens with one attached hydrogen (secondary N) is 2. The second kappa shape index (κ2) is 6.12. The van der Waals surface area contributed by atoms with E-state index in [0.717, 1.165) is 23.6 Å². The van der Waals surface area contributed by atoms with Crippen molar-refractivity contribution < 1.29 is 0 Å². The third-order valence-corrected chi connectivity index (χ3v) is 3.00. The number of anilines is 3. The molecule has 112 valence electrons. The van der Waals surface area contributed by atoms with Gasteiger partial charge in [-0.25, -0.2) is 4.98 Å². The van der Waals surface area contributed by atoms with Crippen LogP contribution in [0, 0.1) is 6.92 Å². The molecule has 0 saturated heterocycles. The Morgan fingerprint density at radius 2 is 1.81 bits per heavy atom. The Balaban J connectivity index is 2.28. The van der Waals surface area contributed by atoms with Gasteiger partial charge in [-0.05, 0) is 45.7 Å². The fourth-order valence-electron chi connectivity index (χ4n) is 2.11. The molecule has 1 heterocycles. The van der Waals surface area contributed by atoms with Gasteiger partial charge in [-0.2, -0.15) is 4.98 Å². The normalized spacial score (nSPS) is 11.3. The molecule has 0 unspecified atom stereocenters. The van der Waals surface area contributed by atoms with E-state index in [9.17, 15) is 0 Å². The molecule has 4 nitrogen and oxygen atoms in total. The van der Waals surface area contributed by atoms with E-state index in [1.54, 1.807) is 0 Å². The Kier molecular flexibility index (Phi) is 4.46. The number of hydrogen-bond acceptors (Lipinski definition) is 4. The SMILES string of the molecule is CCc1ccccc1Nc1cc(C)nc(NC(C)(C)C)n1. The van der Waals surface area contributed by atoms with Crippen LogP contribution < -0.4 is 10.6 Å². The predicted octanol–water partition coefficient (Wildman–Crippen LogP) is 4.30. The van der Waals surface area contributed by atoms with Gasteiger partial charge in [0.2, 0.25) is 5.95 Å². The lowest BCUT2D eigenvalue weighted by Crippen LogP contribution is -2.27. The van der Waals surface area contributed by atoms with Gasteiger partial charge in [0.15, 0.2) is 0 Å². The maximum absolute atomic E-state index is 4.56. The van der Waals surface area contributed by atoms with Crippen LogP contribution >= 0.6 is 0 Å². The summed E-state index contributed by atoms with van der Waals surface area (Å²) in [6.07, 6.45) is 0.986. The molecule has 0 aliphatic heterocycles. The lowest BCUT2D eigenvalue weighted by atomic mass is 10.1. The fourth-order valence-corrected chi connectivity index (χ4v) is 2.11. The first-order chi connectivity index (χ1) is 9.87. The molecule has 0 radical (unpaired) electrons. The van der Waals surface area contributed by atoms with Crippen molar-refractivity contribution in [3.05, 3.63) is 41.6 Å². The number of aromatic nitrogens is 2. The molecular formula is C17H24N4. The Labute approximate surface area is 127 Å². The molecule has 0 amide bonds. The van der Waals surface area contributed by atoms with Crippen molar-refractivity contribution in [3.8, 4) is 0 Å². The van der Waals surface area contributed by atoms with E-state index in [-0.39, 0.29) is 5.54 Å². The first-order valence-electron chi connectivity index (χ1n) is 7.36. The first kappa shape index (κ1) is 15.3. The zero-order valence-corrected chi connectivity index (χ0v) is 13.5. The highest BCUT2D eigenvalue weighted by Gasteiger charge is 2.12. The summed E-state index contributed by atoms with van der Waals surface area (Å²) in [6, 6.07) is 10.3. The summed E-state index contributed by atoms with van der Waals surface area (Å²) in [7, 11) is 0. The van der Waals surface area contributed by atoms with Gasteiger partial charge in [-0.3, -0.25) is 0 Å². The minimum absolute atomic E-state index is 0.0631. The number of nitrogens with zero attached hydrogens (tertiary/aromatic N) is 2. The largest absolute Gasteiger partial charge is 0.350 e. The molecule has 0 saturated carbocycles. The molecule has 0 spiro atoms. The highest BCUT2D eigenvalue weighted by molar-refractivity contribution is 5.61. The Bertz CT molecular complexity index is 614. The Morgan fingerprint density at radius 1 is 1.10 bits per heavy atom. The third-order valence-electron chi connectivity index (χ3n) is 3.00. The lowest BCUT2D eigenvalue weighted by Gasteiger charge is -2.21. The summed E-state index contributed by atoms with van der Waals surface area (Å²) in [4.78, 5) is 9.00. The van der Waals surface area contributed by atoms with Crippen LogP contribution in [0.15, 0.2) is 30.3 Å². The molecule has 0 atom stereocenters. The summed E-state index contributed by atoms with van der Waals surface area (Å²) in [5.74, 6) is 1.47. The summed E-state index contributed by atoms with van der Waals surface area (Å²) in [5, 5.41) is 6.71. The van der Waals surface area contributed by atoms with Gasteiger partial charge in [0.05, 0.1) is 0 Å². The average Bonchev–Trinajstić information content (AvgIpc) is 2.36. The van der Waals surface area contributed by atoms with Gasteiger partial charge >= 0.3 is 0 Å². The number of rotatable bonds is 4. The highest BCUT2D eigenvalue weighted by atomic mass is 15.2. The summed E-state index contributed by atoms with van der Waals surface area (Å²) in [6.45, 7) is 10.4. The fraction of sp³-hybridized carbons (Fsp3) is 0.412. The molecule has 0 aliphatic rings. The van der Waals surface area contributed by atoms with Gasteiger partial charge in [-0.1, -0.05) is 25.1 Å². The number of aryl methyl sites for hydroxylation is 2. The zero-order chi connectivity index (χ0) is 15.5. The molecule has 2 N–H and O–H groups in total. The average molecular weight is 284 g/mol. The predicted molar refractivity (Wildman–Crippen MR) is 89.2 cm³/mol. The van der Waals surface area contributed by atoms with Crippen LogP contribution in [0.5, 0.6) is 0 Å². The molecule has 0 aliphatic carbocycles. The van der Waals surface area contributed by atoms with Crippen molar-refractivity contribution in [2.45, 2.75) is 46.6 Å². The molecule has 1 aromatic heterocycles. The molecule has 21 heavy (non-hydrogen) atoms. The highest BCUT2D eigenvalue weighted by Crippen LogP contribution is 2.22. The van der Waals surface area contributed by atoms with Crippen molar-refractivity contribution in [3.63, 3.8) is 0 Å². The van der Waals surface area contributed by atoms with Gasteiger partial charge in [-0.15, -0.1) is 0 Å². The van der Waals surface area contributed by atoms with Gasteiger partial charge < -0.3 is 10.6 Å². The lowest BCUT2D eigenvalue weighted by molar-refractivity contribution is 0.625. The van der Waals surface area contributed by atoms with Gasteiger partial charge in [0.1, 0.15) is 5.82 Å². The van der Waals surface area contributed by atoms with Crippen molar-refractivity contribution in [2.75, 3.05) is 10.6 Å². The van der Waals surface area contributed by atoms with Crippen LogP contribution in [0.1, 0.15) is 39.0 Å². The number of benzene rings is 1. The van der Waals surface area contributed by atoms with Crippen LogP contribution in [0.2, 0.25) is 0 Å². The van der Waals surface area contributed by atoms with E-state index in [2.05, 4.69) is 66.5 Å². The van der Waals surface area contributed by atoms with E-state index >= 15 is 0 Å². The molecule has 0 fully saturated rings. The maximum Gasteiger partial charge on any atom is 0.225 e. The smallest absolute Gasteiger partial charge is 0.225 e. The summed E-state index contributed by atoms with van der Waals surface area (Å²) >= 11 is 0. The van der Waals surface area contributed by atoms with Gasteiger partial charge in [0, 0.05) is 23.0 Å². The second-order valence-electron chi connectivity index (χ2n) is 6.23. The molecule has 1 aromatic carbocycles. The van der Waals surface area contributed by atoms with Crippen LogP contribution in [-0.4, -0.2) is 15.5 Å². The van der Waals surface area contributed by atoms with Crippen LogP contribution in [0.3, 0.4) is 0 Å². The molecule has 4 heteroatoms. The molecule has 2 aromatic rings. The minimum atomic E-state index is -0.0631. The Hall–Kier alpha value is -2.10. The van der Waals surface area contributed by atoms with Gasteiger partial charge in [0.25, 0.3) is 0 Å². The van der Waals surface area contributed by atoms with E-state index in [4.69, 9.17) is 0 Å². The zero-order valence-electron chi connectivity index (χ0n) is 13.5. The molecule has 2 rings (SSSR count). The van der Waals surface area contributed by atoms with Crippen molar-refractivity contribution in [1.29, 1.82) is 0 Å². The standard InChI is InChI=1S/C17H24N4/c1-6-13-9-7-8-10-14(13)19-15-11-12(2)18-16(20-15)21-17(3,4)5/h7-11H,6H2,1-5H3,(H2,18,19,20,21). The van der Waals surface area contributed by atoms with Crippen LogP contribution in [0.4, 0.5) is 17.5 Å². The topological polar surface area (TPSA) is 49.8 Å². The first-order valence-corrected chi connectivity index (χ1v) is 7.36. The maximum atomic E-state index is 4.56. The van der Waals surface area contributed by atoms with Crippen molar-refractivity contribution in [2.24, 2.45) is 0 Å². The Morgan fingerprint density at radius 3 is 2.48 bits per heavy atom. The number of para-hydroxylation sites is 1. The van der Waals surface area contributed by atoms with Crippen molar-refractivity contribution in [1.82, 2.24) is 9.97 Å². The van der Waals surface area contributed by atoms with E-state index in [0.29, 0.717) is 5.95 Å². The summed E-state index contributed by atoms with van der Waals surface area (Å²) < 4.78 is 0. The second-order valence-corrected chi connectivity index (χ2v) is 6.23. The van der Waals surface area contributed by atoms with E-state index in [1.165, 1.54) is 5.56 Å². The van der Waals surface area contributed by atoms with E-state index in [1.807, 2.05) is 19.1 Å². The quantitative estimate of drug-likeness (QED) is 0.878. The monoisotopic (exact) mass is 284 g/mol. The third kappa shape index (κ3) is 4.45. The molecule has 0 bridgehead atoms.